The van der Waals surface area contributed by atoms with Crippen molar-refractivity contribution in [3.05, 3.63) is 163 Å². The lowest BCUT2D eigenvalue weighted by Gasteiger charge is -2.49. The number of fused-ring (bicyclic) bond motifs is 7. The first-order valence-corrected chi connectivity index (χ1v) is 17.4. The Hall–Kier alpha value is -5.93. The van der Waals surface area contributed by atoms with Gasteiger partial charge in [0.15, 0.2) is 17.5 Å². The molecule has 9 rings (SSSR count). The molecule has 3 heteroatoms. The topological polar surface area (TPSA) is 38.7 Å². The summed E-state index contributed by atoms with van der Waals surface area (Å²) in [5.41, 5.74) is 10.4. The molecule has 0 amide bonds. The van der Waals surface area contributed by atoms with E-state index in [1.165, 1.54) is 49.4 Å². The average molecular weight is 644 g/mol. The van der Waals surface area contributed by atoms with Crippen LogP contribution in [-0.2, 0) is 10.8 Å². The Morgan fingerprint density at radius 2 is 0.920 bits per heavy atom. The molecule has 1 aromatic heterocycles. The van der Waals surface area contributed by atoms with Crippen LogP contribution in [0.25, 0.3) is 78.0 Å². The van der Waals surface area contributed by atoms with Crippen molar-refractivity contribution in [1.82, 2.24) is 15.0 Å². The van der Waals surface area contributed by atoms with E-state index in [9.17, 15) is 0 Å². The molecule has 240 valence electrons. The first-order valence-electron chi connectivity index (χ1n) is 17.4. The van der Waals surface area contributed by atoms with Gasteiger partial charge in [-0.2, -0.15) is 0 Å². The minimum absolute atomic E-state index is 0.133. The lowest BCUT2D eigenvalue weighted by molar-refractivity contribution is 0.300. The fourth-order valence-electron chi connectivity index (χ4n) is 7.99. The molecule has 0 spiro atoms. The molecule has 0 radical (unpaired) electrons. The summed E-state index contributed by atoms with van der Waals surface area (Å²) in [6.45, 7) is 9.65. The van der Waals surface area contributed by atoms with Crippen molar-refractivity contribution in [1.29, 1.82) is 0 Å². The zero-order valence-electron chi connectivity index (χ0n) is 28.8. The van der Waals surface area contributed by atoms with Crippen LogP contribution in [0.1, 0.15) is 38.8 Å². The molecular weight excluding hydrogens is 607 g/mol. The van der Waals surface area contributed by atoms with E-state index in [1.807, 2.05) is 36.4 Å². The third-order valence-electron chi connectivity index (χ3n) is 11.3. The van der Waals surface area contributed by atoms with E-state index in [-0.39, 0.29) is 10.8 Å². The second kappa shape index (κ2) is 11.3. The molecular formula is C47H37N3. The Bertz CT molecular complexity index is 2530. The van der Waals surface area contributed by atoms with Crippen LogP contribution in [0.5, 0.6) is 0 Å². The standard InChI is InChI=1S/C47H37N3/c1-46(2)40-28-27-37-35-22-12-11-15-30(35)25-26-38(37)41(40)39-24-14-23-36(42(39)47(46,3)4)33-20-13-21-34(29-33)45-49-43(31-16-7-5-8-17-31)48-44(50-45)32-18-9-6-10-19-32/h5-29H,1-4H3. The van der Waals surface area contributed by atoms with E-state index in [2.05, 4.69) is 143 Å². The maximum absolute atomic E-state index is 5.04. The van der Waals surface area contributed by atoms with Gasteiger partial charge in [0, 0.05) is 22.1 Å². The zero-order valence-corrected chi connectivity index (χ0v) is 28.8. The Kier molecular flexibility index (Phi) is 6.82. The van der Waals surface area contributed by atoms with Crippen LogP contribution in [0.2, 0.25) is 0 Å². The van der Waals surface area contributed by atoms with Crippen LogP contribution in [0.15, 0.2) is 152 Å². The van der Waals surface area contributed by atoms with Crippen molar-refractivity contribution in [2.24, 2.45) is 0 Å². The minimum Gasteiger partial charge on any atom is -0.208 e. The molecule has 0 saturated carbocycles. The number of rotatable bonds is 4. The molecule has 0 bridgehead atoms. The van der Waals surface area contributed by atoms with E-state index in [4.69, 9.17) is 15.0 Å². The molecule has 8 aromatic rings. The van der Waals surface area contributed by atoms with Crippen LogP contribution in [0.3, 0.4) is 0 Å². The number of hydrogen-bond acceptors (Lipinski definition) is 3. The van der Waals surface area contributed by atoms with Crippen LogP contribution in [-0.4, -0.2) is 15.0 Å². The monoisotopic (exact) mass is 643 g/mol. The van der Waals surface area contributed by atoms with Crippen molar-refractivity contribution >= 4 is 21.5 Å². The van der Waals surface area contributed by atoms with Crippen LogP contribution in [0.4, 0.5) is 0 Å². The molecule has 0 atom stereocenters. The van der Waals surface area contributed by atoms with Gasteiger partial charge in [-0.1, -0.05) is 173 Å². The Morgan fingerprint density at radius 1 is 0.380 bits per heavy atom. The van der Waals surface area contributed by atoms with Gasteiger partial charge in [0.2, 0.25) is 0 Å². The summed E-state index contributed by atoms with van der Waals surface area (Å²) in [4.78, 5) is 15.0. The summed E-state index contributed by atoms with van der Waals surface area (Å²) >= 11 is 0. The van der Waals surface area contributed by atoms with Gasteiger partial charge < -0.3 is 0 Å². The Morgan fingerprint density at radius 3 is 1.62 bits per heavy atom. The summed E-state index contributed by atoms with van der Waals surface area (Å²) in [7, 11) is 0. The van der Waals surface area contributed by atoms with Crippen LogP contribution < -0.4 is 0 Å². The quantitative estimate of drug-likeness (QED) is 0.179. The Balaban J connectivity index is 1.26. The maximum Gasteiger partial charge on any atom is 0.164 e. The highest BCUT2D eigenvalue weighted by Gasteiger charge is 2.47. The number of hydrogen-bond donors (Lipinski definition) is 0. The second-order valence-electron chi connectivity index (χ2n) is 14.5. The first kappa shape index (κ1) is 30.2. The van der Waals surface area contributed by atoms with E-state index < -0.39 is 0 Å². The van der Waals surface area contributed by atoms with Crippen molar-refractivity contribution < 1.29 is 0 Å². The van der Waals surface area contributed by atoms with E-state index >= 15 is 0 Å². The molecule has 1 aliphatic carbocycles. The molecule has 0 fully saturated rings. The number of benzene rings is 7. The van der Waals surface area contributed by atoms with Gasteiger partial charge >= 0.3 is 0 Å². The highest BCUT2D eigenvalue weighted by atomic mass is 15.0. The third kappa shape index (κ3) is 4.61. The summed E-state index contributed by atoms with van der Waals surface area (Å²) in [5, 5.41) is 5.17. The van der Waals surface area contributed by atoms with Crippen molar-refractivity contribution in [2.45, 2.75) is 38.5 Å². The minimum atomic E-state index is -0.166. The molecule has 0 saturated heterocycles. The smallest absolute Gasteiger partial charge is 0.164 e. The highest BCUT2D eigenvalue weighted by Crippen LogP contribution is 2.58. The normalized spacial score (nSPS) is 14.3. The lowest BCUT2D eigenvalue weighted by Crippen LogP contribution is -2.44. The lowest BCUT2D eigenvalue weighted by atomic mass is 9.54. The number of aromatic nitrogens is 3. The van der Waals surface area contributed by atoms with E-state index in [0.29, 0.717) is 17.5 Å². The van der Waals surface area contributed by atoms with Gasteiger partial charge in [-0.05, 0) is 66.4 Å². The Labute approximate surface area is 293 Å². The zero-order chi connectivity index (χ0) is 34.0. The largest absolute Gasteiger partial charge is 0.208 e. The molecule has 7 aromatic carbocycles. The van der Waals surface area contributed by atoms with E-state index in [1.54, 1.807) is 0 Å². The third-order valence-corrected chi connectivity index (χ3v) is 11.3. The number of nitrogens with zero attached hydrogens (tertiary/aromatic N) is 3. The fraction of sp³-hybridized carbons (Fsp3) is 0.128. The van der Waals surface area contributed by atoms with Gasteiger partial charge in [0.05, 0.1) is 0 Å². The van der Waals surface area contributed by atoms with Gasteiger partial charge in [-0.25, -0.2) is 15.0 Å². The summed E-state index contributed by atoms with van der Waals surface area (Å²) in [5.74, 6) is 1.99. The van der Waals surface area contributed by atoms with Gasteiger partial charge in [-0.3, -0.25) is 0 Å². The predicted octanol–water partition coefficient (Wildman–Crippen LogP) is 12.1. The summed E-state index contributed by atoms with van der Waals surface area (Å²) < 4.78 is 0. The van der Waals surface area contributed by atoms with E-state index in [0.717, 1.165) is 22.3 Å². The van der Waals surface area contributed by atoms with Gasteiger partial charge in [0.25, 0.3) is 0 Å². The van der Waals surface area contributed by atoms with Crippen molar-refractivity contribution in [3.8, 4) is 56.4 Å². The molecule has 1 aliphatic rings. The molecule has 0 unspecified atom stereocenters. The van der Waals surface area contributed by atoms with Crippen molar-refractivity contribution in [3.63, 3.8) is 0 Å². The van der Waals surface area contributed by atoms with Crippen LogP contribution in [0, 0.1) is 0 Å². The second-order valence-corrected chi connectivity index (χ2v) is 14.5. The summed E-state index contributed by atoms with van der Waals surface area (Å²) in [6.07, 6.45) is 0. The van der Waals surface area contributed by atoms with Crippen molar-refractivity contribution in [2.75, 3.05) is 0 Å². The fourth-order valence-corrected chi connectivity index (χ4v) is 7.99. The molecule has 0 N–H and O–H groups in total. The first-order chi connectivity index (χ1) is 24.3. The molecule has 3 nitrogen and oxygen atoms in total. The average Bonchev–Trinajstić information content (AvgIpc) is 3.17. The van der Waals surface area contributed by atoms with Gasteiger partial charge in [-0.15, -0.1) is 0 Å². The molecule has 50 heavy (non-hydrogen) atoms. The molecule has 1 heterocycles. The summed E-state index contributed by atoms with van der Waals surface area (Å²) in [6, 6.07) is 53.9. The highest BCUT2D eigenvalue weighted by molar-refractivity contribution is 6.13. The SMILES string of the molecule is CC1(C)c2ccc3c(ccc4ccccc43)c2-c2cccc(-c3cccc(-c4nc(-c5ccccc5)nc(-c5ccccc5)n4)c3)c2C1(C)C. The maximum atomic E-state index is 5.04. The van der Waals surface area contributed by atoms with Crippen LogP contribution >= 0.6 is 0 Å². The van der Waals surface area contributed by atoms with Gasteiger partial charge in [0.1, 0.15) is 0 Å². The molecule has 0 aliphatic heterocycles. The predicted molar refractivity (Wildman–Crippen MR) is 208 cm³/mol.